The molecule has 1 aromatic carbocycles. The van der Waals surface area contributed by atoms with Gasteiger partial charge in [0, 0.05) is 6.54 Å². The maximum atomic E-state index is 11.7. The lowest BCUT2D eigenvalue weighted by Gasteiger charge is -2.29. The van der Waals surface area contributed by atoms with Crippen LogP contribution in [0.1, 0.15) is 31.1 Å². The van der Waals surface area contributed by atoms with Crippen LogP contribution in [0, 0.1) is 0 Å². The Kier molecular flexibility index (Phi) is 5.36. The van der Waals surface area contributed by atoms with Crippen LogP contribution < -0.4 is 4.74 Å². The predicted molar refractivity (Wildman–Crippen MR) is 75.7 cm³/mol. The molecule has 0 aromatic heterocycles. The predicted octanol–water partition coefficient (Wildman–Crippen LogP) is 2.58. The largest absolute Gasteiger partial charge is 0.487 e. The number of esters is 1. The highest BCUT2D eigenvalue weighted by Crippen LogP contribution is 2.20. The lowest BCUT2D eigenvalue weighted by atomic mass is 10.1. The molecule has 0 fully saturated rings. The molecule has 0 saturated heterocycles. The van der Waals surface area contributed by atoms with Gasteiger partial charge in [-0.3, -0.25) is 0 Å². The Balaban J connectivity index is 2.79. The van der Waals surface area contributed by atoms with Crippen molar-refractivity contribution in [3.63, 3.8) is 0 Å². The van der Waals surface area contributed by atoms with Gasteiger partial charge in [0.05, 0.1) is 12.2 Å². The van der Waals surface area contributed by atoms with Gasteiger partial charge < -0.3 is 14.4 Å². The SMILES string of the molecule is CCOC(=O)c1cccc(OC(C)(C)CN(C)C)c1. The fraction of sp³-hybridized carbons (Fsp3) is 0.533. The fourth-order valence-corrected chi connectivity index (χ4v) is 2.01. The minimum Gasteiger partial charge on any atom is -0.487 e. The smallest absolute Gasteiger partial charge is 0.338 e. The first kappa shape index (κ1) is 15.5. The van der Waals surface area contributed by atoms with E-state index in [1.165, 1.54) is 0 Å². The number of hydrogen-bond donors (Lipinski definition) is 0. The Morgan fingerprint density at radius 3 is 2.58 bits per heavy atom. The van der Waals surface area contributed by atoms with Crippen LogP contribution >= 0.6 is 0 Å². The fourth-order valence-electron chi connectivity index (χ4n) is 2.01. The highest BCUT2D eigenvalue weighted by Gasteiger charge is 2.21. The summed E-state index contributed by atoms with van der Waals surface area (Å²) < 4.78 is 10.9. The van der Waals surface area contributed by atoms with Gasteiger partial charge >= 0.3 is 5.97 Å². The van der Waals surface area contributed by atoms with Crippen LogP contribution in [0.2, 0.25) is 0 Å². The maximum absolute atomic E-state index is 11.7. The lowest BCUT2D eigenvalue weighted by Crippen LogP contribution is -2.39. The van der Waals surface area contributed by atoms with Crippen molar-refractivity contribution in [1.29, 1.82) is 0 Å². The summed E-state index contributed by atoms with van der Waals surface area (Å²) in [7, 11) is 4.00. The Hall–Kier alpha value is -1.55. The van der Waals surface area contributed by atoms with Crippen LogP contribution in [0.25, 0.3) is 0 Å². The molecule has 0 aliphatic rings. The van der Waals surface area contributed by atoms with Crippen molar-refractivity contribution in [2.24, 2.45) is 0 Å². The molecule has 19 heavy (non-hydrogen) atoms. The summed E-state index contributed by atoms with van der Waals surface area (Å²) in [6.45, 7) is 6.99. The molecule has 0 N–H and O–H groups in total. The summed E-state index contributed by atoms with van der Waals surface area (Å²) >= 11 is 0. The van der Waals surface area contributed by atoms with Crippen LogP contribution in [-0.4, -0.2) is 43.7 Å². The van der Waals surface area contributed by atoms with Crippen LogP contribution in [0.3, 0.4) is 0 Å². The second-order valence-corrected chi connectivity index (χ2v) is 5.35. The third kappa shape index (κ3) is 5.30. The van der Waals surface area contributed by atoms with Crippen LogP contribution in [0.4, 0.5) is 0 Å². The van der Waals surface area contributed by atoms with Crippen molar-refractivity contribution in [3.8, 4) is 5.75 Å². The molecule has 4 heteroatoms. The normalized spacial score (nSPS) is 11.5. The number of likely N-dealkylation sites (N-methyl/N-ethyl adjacent to an activating group) is 1. The van der Waals surface area contributed by atoms with E-state index in [9.17, 15) is 4.79 Å². The van der Waals surface area contributed by atoms with Gasteiger partial charge in [-0.2, -0.15) is 0 Å². The Morgan fingerprint density at radius 2 is 2.00 bits per heavy atom. The average molecular weight is 265 g/mol. The zero-order valence-electron chi connectivity index (χ0n) is 12.4. The monoisotopic (exact) mass is 265 g/mol. The van der Waals surface area contributed by atoms with E-state index in [0.717, 1.165) is 6.54 Å². The van der Waals surface area contributed by atoms with Gasteiger partial charge in [-0.05, 0) is 53.1 Å². The minimum atomic E-state index is -0.323. The van der Waals surface area contributed by atoms with E-state index in [1.807, 2.05) is 34.0 Å². The Morgan fingerprint density at radius 1 is 1.32 bits per heavy atom. The molecular weight excluding hydrogens is 242 g/mol. The van der Waals surface area contributed by atoms with Gasteiger partial charge in [0.2, 0.25) is 0 Å². The minimum absolute atomic E-state index is 0.321. The lowest BCUT2D eigenvalue weighted by molar-refractivity contribution is 0.0521. The van der Waals surface area contributed by atoms with Crippen molar-refractivity contribution in [2.75, 3.05) is 27.2 Å². The number of nitrogens with zero attached hydrogens (tertiary/aromatic N) is 1. The van der Waals surface area contributed by atoms with Crippen molar-refractivity contribution in [3.05, 3.63) is 29.8 Å². The summed E-state index contributed by atoms with van der Waals surface area (Å²) in [6.07, 6.45) is 0. The standard InChI is InChI=1S/C15H23NO3/c1-6-18-14(17)12-8-7-9-13(10-12)19-15(2,3)11-16(4)5/h7-10H,6,11H2,1-5H3. The maximum Gasteiger partial charge on any atom is 0.338 e. The second-order valence-electron chi connectivity index (χ2n) is 5.35. The van der Waals surface area contributed by atoms with Crippen LogP contribution in [-0.2, 0) is 4.74 Å². The summed E-state index contributed by atoms with van der Waals surface area (Å²) in [4.78, 5) is 13.7. The van der Waals surface area contributed by atoms with Gasteiger partial charge in [0.15, 0.2) is 0 Å². The molecule has 0 atom stereocenters. The van der Waals surface area contributed by atoms with E-state index in [2.05, 4.69) is 4.90 Å². The quantitative estimate of drug-likeness (QED) is 0.741. The van der Waals surface area contributed by atoms with Crippen molar-refractivity contribution < 1.29 is 14.3 Å². The number of benzene rings is 1. The topological polar surface area (TPSA) is 38.8 Å². The number of carbonyl (C=O) groups excluding carboxylic acids is 1. The zero-order valence-corrected chi connectivity index (χ0v) is 12.4. The molecule has 0 heterocycles. The molecular formula is C15H23NO3. The van der Waals surface area contributed by atoms with Crippen molar-refractivity contribution >= 4 is 5.97 Å². The first-order chi connectivity index (χ1) is 8.84. The zero-order chi connectivity index (χ0) is 14.5. The Bertz CT molecular complexity index is 427. The molecule has 0 saturated carbocycles. The molecule has 0 amide bonds. The van der Waals surface area contributed by atoms with Crippen molar-refractivity contribution in [2.45, 2.75) is 26.4 Å². The van der Waals surface area contributed by atoms with E-state index >= 15 is 0 Å². The molecule has 0 bridgehead atoms. The highest BCUT2D eigenvalue weighted by molar-refractivity contribution is 5.89. The first-order valence-corrected chi connectivity index (χ1v) is 6.45. The van der Waals surface area contributed by atoms with Crippen LogP contribution in [0.5, 0.6) is 5.75 Å². The first-order valence-electron chi connectivity index (χ1n) is 6.45. The van der Waals surface area contributed by atoms with Gasteiger partial charge in [0.25, 0.3) is 0 Å². The summed E-state index contributed by atoms with van der Waals surface area (Å²) in [5.41, 5.74) is 0.191. The van der Waals surface area contributed by atoms with E-state index in [0.29, 0.717) is 17.9 Å². The molecule has 1 aromatic rings. The van der Waals surface area contributed by atoms with E-state index in [1.54, 1.807) is 25.1 Å². The molecule has 0 aliphatic carbocycles. The number of rotatable bonds is 6. The molecule has 0 aliphatic heterocycles. The summed E-state index contributed by atoms with van der Waals surface area (Å²) in [5, 5.41) is 0. The van der Waals surface area contributed by atoms with E-state index in [4.69, 9.17) is 9.47 Å². The molecule has 0 unspecified atom stereocenters. The van der Waals surface area contributed by atoms with E-state index in [-0.39, 0.29) is 11.6 Å². The number of hydrogen-bond acceptors (Lipinski definition) is 4. The summed E-state index contributed by atoms with van der Waals surface area (Å²) in [6, 6.07) is 7.09. The van der Waals surface area contributed by atoms with Crippen molar-refractivity contribution in [1.82, 2.24) is 4.90 Å². The van der Waals surface area contributed by atoms with Gasteiger partial charge in [-0.1, -0.05) is 6.07 Å². The third-order valence-corrected chi connectivity index (χ3v) is 2.44. The number of ether oxygens (including phenoxy) is 2. The molecule has 106 valence electrons. The van der Waals surface area contributed by atoms with Gasteiger partial charge in [-0.15, -0.1) is 0 Å². The average Bonchev–Trinajstić information content (AvgIpc) is 2.27. The Labute approximate surface area is 115 Å². The van der Waals surface area contributed by atoms with Gasteiger partial charge in [0.1, 0.15) is 11.4 Å². The molecule has 0 spiro atoms. The highest BCUT2D eigenvalue weighted by atomic mass is 16.5. The molecule has 0 radical (unpaired) electrons. The molecule has 4 nitrogen and oxygen atoms in total. The van der Waals surface area contributed by atoms with E-state index < -0.39 is 0 Å². The second kappa shape index (κ2) is 6.57. The molecule has 1 rings (SSSR count). The van der Waals surface area contributed by atoms with Gasteiger partial charge in [-0.25, -0.2) is 4.79 Å². The van der Waals surface area contributed by atoms with Crippen LogP contribution in [0.15, 0.2) is 24.3 Å². The number of carbonyl (C=O) groups is 1. The third-order valence-electron chi connectivity index (χ3n) is 2.44. The summed E-state index contributed by atoms with van der Waals surface area (Å²) in [5.74, 6) is 0.357.